The third-order valence-electron chi connectivity index (χ3n) is 5.17. The predicted octanol–water partition coefficient (Wildman–Crippen LogP) is 1.62. The quantitative estimate of drug-likeness (QED) is 0.0717. The van der Waals surface area contributed by atoms with Gasteiger partial charge in [0.1, 0.15) is 11.3 Å². The molecule has 3 aromatic rings. The van der Waals surface area contributed by atoms with Gasteiger partial charge in [-0.25, -0.2) is 18.7 Å². The number of anilines is 1. The summed E-state index contributed by atoms with van der Waals surface area (Å²) in [6, 6.07) is 9.19. The summed E-state index contributed by atoms with van der Waals surface area (Å²) in [6.45, 7) is -0.168. The minimum Gasteiger partial charge on any atom is -0.422 e. The lowest BCUT2D eigenvalue weighted by molar-refractivity contribution is -0.115. The first-order chi connectivity index (χ1) is 17.7. The Morgan fingerprint density at radius 3 is 2.65 bits per heavy atom. The summed E-state index contributed by atoms with van der Waals surface area (Å²) in [6.07, 6.45) is -0.755. The number of benzene rings is 2. The van der Waals surface area contributed by atoms with Crippen LogP contribution in [-0.4, -0.2) is 43.9 Å². The topological polar surface area (TPSA) is 177 Å². The molecule has 14 heteroatoms. The molecule has 0 fully saturated rings. The molecular weight excluding hydrogens is 505 g/mol. The van der Waals surface area contributed by atoms with E-state index in [1.165, 1.54) is 31.1 Å². The SMILES string of the molecule is CNSNc1cccc(Cc2c(CNC(=O)/C(N)=N/N)c3ccc(OC(=O)N(C)C)cc3oc2=O)c1F. The zero-order valence-corrected chi connectivity index (χ0v) is 21.1. The first-order valence-corrected chi connectivity index (χ1v) is 11.6. The van der Waals surface area contributed by atoms with Gasteiger partial charge in [0.15, 0.2) is 5.82 Å². The number of hydrogen-bond acceptors (Lipinski definition) is 10. The molecule has 12 nitrogen and oxygen atoms in total. The van der Waals surface area contributed by atoms with E-state index in [0.29, 0.717) is 10.9 Å². The zero-order chi connectivity index (χ0) is 27.1. The molecule has 2 amide bonds. The van der Waals surface area contributed by atoms with Crippen molar-refractivity contribution in [3.05, 3.63) is 69.3 Å². The van der Waals surface area contributed by atoms with Crippen molar-refractivity contribution >= 4 is 46.6 Å². The maximum atomic E-state index is 15.2. The number of carbonyl (C=O) groups excluding carboxylic acids is 2. The molecule has 1 heterocycles. The molecule has 0 unspecified atom stereocenters. The first kappa shape index (κ1) is 27.3. The van der Waals surface area contributed by atoms with Crippen LogP contribution in [0.2, 0.25) is 0 Å². The fourth-order valence-electron chi connectivity index (χ4n) is 3.33. The minimum atomic E-state index is -0.757. The molecule has 0 saturated heterocycles. The molecule has 37 heavy (non-hydrogen) atoms. The second-order valence-corrected chi connectivity index (χ2v) is 8.64. The van der Waals surface area contributed by atoms with E-state index < -0.39 is 29.3 Å². The molecule has 0 bridgehead atoms. The summed E-state index contributed by atoms with van der Waals surface area (Å²) in [5.74, 6) is 3.45. The zero-order valence-electron chi connectivity index (χ0n) is 20.3. The number of hydrogen-bond donors (Lipinski definition) is 5. The lowest BCUT2D eigenvalue weighted by atomic mass is 9.97. The molecule has 0 aliphatic rings. The largest absolute Gasteiger partial charge is 0.422 e. The number of halogens is 1. The van der Waals surface area contributed by atoms with E-state index >= 15 is 4.39 Å². The van der Waals surface area contributed by atoms with E-state index in [0.717, 1.165) is 12.1 Å². The molecular formula is C23H26FN7O5S. The van der Waals surface area contributed by atoms with Gasteiger partial charge < -0.3 is 35.7 Å². The van der Waals surface area contributed by atoms with E-state index in [1.54, 1.807) is 31.3 Å². The number of nitrogens with two attached hydrogens (primary N) is 2. The Hall–Kier alpha value is -4.30. The molecule has 0 aliphatic carbocycles. The summed E-state index contributed by atoms with van der Waals surface area (Å²) in [5.41, 5.74) is 5.73. The first-order valence-electron chi connectivity index (χ1n) is 10.8. The average Bonchev–Trinajstić information content (AvgIpc) is 2.87. The number of rotatable bonds is 8. The van der Waals surface area contributed by atoms with E-state index in [-0.39, 0.29) is 41.1 Å². The van der Waals surface area contributed by atoms with E-state index in [2.05, 4.69) is 19.9 Å². The van der Waals surface area contributed by atoms with E-state index in [4.69, 9.17) is 20.7 Å². The van der Waals surface area contributed by atoms with Crippen molar-refractivity contribution in [3.8, 4) is 5.75 Å². The third-order valence-corrected chi connectivity index (χ3v) is 5.69. The molecule has 1 aromatic heterocycles. The van der Waals surface area contributed by atoms with Gasteiger partial charge in [0, 0.05) is 56.2 Å². The standard InChI is InChI=1S/C23H26FN7O5S/c1-27-37-30-17-6-4-5-12(19(17)24)9-15-16(11-28-21(32)20(25)29-26)14-8-7-13(35-23(34)31(2)3)10-18(14)36-22(15)33/h4-8,10,27,30H,9,11,26H2,1-3H3,(H2,25,29)(H,28,32). The van der Waals surface area contributed by atoms with Crippen LogP contribution in [-0.2, 0) is 17.8 Å². The maximum Gasteiger partial charge on any atom is 0.414 e. The number of nitrogens with zero attached hydrogens (tertiary/aromatic N) is 2. The lowest BCUT2D eigenvalue weighted by Crippen LogP contribution is -2.37. The molecule has 3 rings (SSSR count). The fraction of sp³-hybridized carbons (Fsp3) is 0.217. The molecule has 2 aromatic carbocycles. The number of hydrazone groups is 1. The van der Waals surface area contributed by atoms with Crippen molar-refractivity contribution in [2.45, 2.75) is 13.0 Å². The Labute approximate surface area is 215 Å². The normalized spacial score (nSPS) is 11.3. The van der Waals surface area contributed by atoms with Gasteiger partial charge in [-0.2, -0.15) is 5.10 Å². The van der Waals surface area contributed by atoms with Gasteiger partial charge >= 0.3 is 11.7 Å². The van der Waals surface area contributed by atoms with Gasteiger partial charge in [0.25, 0.3) is 5.91 Å². The number of amidine groups is 1. The maximum absolute atomic E-state index is 15.2. The number of fused-ring (bicyclic) bond motifs is 1. The van der Waals surface area contributed by atoms with Crippen LogP contribution in [0.25, 0.3) is 11.0 Å². The molecule has 0 atom stereocenters. The Balaban J connectivity index is 2.09. The Morgan fingerprint density at radius 2 is 1.97 bits per heavy atom. The van der Waals surface area contributed by atoms with Crippen LogP contribution in [0, 0.1) is 5.82 Å². The summed E-state index contributed by atoms with van der Waals surface area (Å²) in [7, 11) is 4.72. The Morgan fingerprint density at radius 1 is 1.22 bits per heavy atom. The third kappa shape index (κ3) is 6.48. The van der Waals surface area contributed by atoms with Gasteiger partial charge in [0.2, 0.25) is 5.84 Å². The average molecular weight is 532 g/mol. The highest BCUT2D eigenvalue weighted by Gasteiger charge is 2.20. The van der Waals surface area contributed by atoms with Crippen LogP contribution >= 0.6 is 12.1 Å². The Bertz CT molecular complexity index is 1410. The monoisotopic (exact) mass is 531 g/mol. The smallest absolute Gasteiger partial charge is 0.414 e. The molecule has 196 valence electrons. The van der Waals surface area contributed by atoms with Gasteiger partial charge in [-0.1, -0.05) is 12.1 Å². The summed E-state index contributed by atoms with van der Waals surface area (Å²) >= 11 is 1.08. The second kappa shape index (κ2) is 12.1. The Kier molecular flexibility index (Phi) is 8.92. The number of amides is 2. The number of nitrogens with one attached hydrogen (secondary N) is 3. The van der Waals surface area contributed by atoms with E-state index in [1.807, 2.05) is 0 Å². The van der Waals surface area contributed by atoms with Gasteiger partial charge in [0.05, 0.1) is 5.69 Å². The van der Waals surface area contributed by atoms with Crippen molar-refractivity contribution in [1.29, 1.82) is 0 Å². The molecule has 0 spiro atoms. The summed E-state index contributed by atoms with van der Waals surface area (Å²) < 4.78 is 31.5. The van der Waals surface area contributed by atoms with Crippen molar-refractivity contribution in [1.82, 2.24) is 14.9 Å². The molecule has 7 N–H and O–H groups in total. The van der Waals surface area contributed by atoms with E-state index in [9.17, 15) is 14.4 Å². The van der Waals surface area contributed by atoms with Crippen LogP contribution in [0.15, 0.2) is 50.7 Å². The highest BCUT2D eigenvalue weighted by Crippen LogP contribution is 2.28. The molecule has 0 aliphatic heterocycles. The number of carbonyl (C=O) groups is 2. The summed E-state index contributed by atoms with van der Waals surface area (Å²) in [4.78, 5) is 38.4. The highest BCUT2D eigenvalue weighted by molar-refractivity contribution is 7.98. The number of ether oxygens (including phenoxy) is 1. The molecule has 0 radical (unpaired) electrons. The van der Waals surface area contributed by atoms with Gasteiger partial charge in [-0.3, -0.25) is 4.79 Å². The van der Waals surface area contributed by atoms with Crippen LogP contribution in [0.3, 0.4) is 0 Å². The van der Waals surface area contributed by atoms with Crippen molar-refractivity contribution < 1.29 is 23.1 Å². The predicted molar refractivity (Wildman–Crippen MR) is 139 cm³/mol. The van der Waals surface area contributed by atoms with Crippen molar-refractivity contribution in [2.24, 2.45) is 16.7 Å². The summed E-state index contributed by atoms with van der Waals surface area (Å²) in [5, 5.41) is 6.14. The second-order valence-electron chi connectivity index (χ2n) is 7.83. The highest BCUT2D eigenvalue weighted by atomic mass is 32.2. The van der Waals surface area contributed by atoms with Crippen LogP contribution in [0.1, 0.15) is 16.7 Å². The van der Waals surface area contributed by atoms with Crippen molar-refractivity contribution in [2.75, 3.05) is 25.9 Å². The minimum absolute atomic E-state index is 0.101. The van der Waals surface area contributed by atoms with Gasteiger partial charge in [-0.15, -0.1) is 0 Å². The van der Waals surface area contributed by atoms with Gasteiger partial charge in [-0.05, 0) is 36.4 Å². The molecule has 0 saturated carbocycles. The van der Waals surface area contributed by atoms with Crippen LogP contribution in [0.5, 0.6) is 5.75 Å². The van der Waals surface area contributed by atoms with Crippen LogP contribution in [0.4, 0.5) is 14.9 Å². The van der Waals surface area contributed by atoms with Crippen LogP contribution < -0.4 is 36.7 Å². The lowest BCUT2D eigenvalue weighted by Gasteiger charge is -2.15. The van der Waals surface area contributed by atoms with Crippen molar-refractivity contribution in [3.63, 3.8) is 0 Å². The fourth-order valence-corrected chi connectivity index (χ4v) is 3.70.